The fraction of sp³-hybridized carbons (Fsp3) is 0.222. The number of aromatic hydroxyl groups is 1. The molecule has 0 aliphatic heterocycles. The number of aromatic nitrogens is 2. The van der Waals surface area contributed by atoms with Gasteiger partial charge in [0.2, 0.25) is 5.78 Å². The molecule has 3 N–H and O–H groups in total. The van der Waals surface area contributed by atoms with Crippen molar-refractivity contribution in [2.24, 2.45) is 14.1 Å². The summed E-state index contributed by atoms with van der Waals surface area (Å²) in [6.07, 6.45) is 1.24. The number of phenolic OH excluding ortho intramolecular Hbond substituents is 1. The fourth-order valence-corrected chi connectivity index (χ4v) is 2.41. The Hall–Kier alpha value is -3.80. The number of benzene rings is 1. The quantitative estimate of drug-likeness (QED) is 0.445. The maximum atomic E-state index is 12.7. The lowest BCUT2D eigenvalue weighted by Crippen LogP contribution is -2.41. The van der Waals surface area contributed by atoms with Crippen LogP contribution < -0.4 is 21.7 Å². The molecule has 0 bridgehead atoms. The molecule has 0 amide bonds. The van der Waals surface area contributed by atoms with E-state index >= 15 is 0 Å². The Kier molecular flexibility index (Phi) is 5.51. The van der Waals surface area contributed by atoms with Gasteiger partial charge in [0, 0.05) is 14.1 Å². The van der Waals surface area contributed by atoms with Crippen molar-refractivity contribution in [1.82, 2.24) is 9.13 Å². The Bertz CT molecular complexity index is 1100. The maximum Gasteiger partial charge on any atom is 0.332 e. The number of hydrogen-bond acceptors (Lipinski definition) is 7. The highest BCUT2D eigenvalue weighted by molar-refractivity contribution is 6.16. The average molecular weight is 370 g/mol. The van der Waals surface area contributed by atoms with Crippen LogP contribution in [0.15, 0.2) is 33.4 Å². The lowest BCUT2D eigenvalue weighted by molar-refractivity contribution is 0.103. The minimum atomic E-state index is -0.905. The normalized spacial score (nSPS) is 11.1. The number of hydrogen-bond donors (Lipinski definition) is 2. The zero-order valence-corrected chi connectivity index (χ0v) is 15.0. The molecule has 0 unspecified atom stereocenters. The minimum Gasteiger partial charge on any atom is -0.504 e. The molecule has 0 atom stereocenters. The SMILES string of the molecule is CCOc1cc(/C=C(\C#N)C(=O)c2c(N)n(C)c(=O)n(C)c2=O)ccc1O. The summed E-state index contributed by atoms with van der Waals surface area (Å²) in [5, 5.41) is 19.1. The third-order valence-electron chi connectivity index (χ3n) is 3.90. The summed E-state index contributed by atoms with van der Waals surface area (Å²) < 4.78 is 6.96. The molecule has 0 saturated carbocycles. The summed E-state index contributed by atoms with van der Waals surface area (Å²) in [7, 11) is 2.53. The number of nitriles is 1. The van der Waals surface area contributed by atoms with Gasteiger partial charge >= 0.3 is 5.69 Å². The van der Waals surface area contributed by atoms with Crippen molar-refractivity contribution >= 4 is 17.7 Å². The molecule has 0 aliphatic rings. The number of phenols is 1. The van der Waals surface area contributed by atoms with Crippen LogP contribution in [0, 0.1) is 11.3 Å². The zero-order chi connectivity index (χ0) is 20.3. The van der Waals surface area contributed by atoms with Crippen molar-refractivity contribution in [2.75, 3.05) is 12.3 Å². The number of ketones is 1. The predicted octanol–water partition coefficient (Wildman–Crippen LogP) is 0.560. The highest BCUT2D eigenvalue weighted by Gasteiger charge is 2.23. The maximum absolute atomic E-state index is 12.7. The second-order valence-corrected chi connectivity index (χ2v) is 5.63. The van der Waals surface area contributed by atoms with Crippen LogP contribution in [0.25, 0.3) is 6.08 Å². The Morgan fingerprint density at radius 3 is 2.59 bits per heavy atom. The Balaban J connectivity index is 2.60. The van der Waals surface area contributed by atoms with Gasteiger partial charge in [-0.3, -0.25) is 18.7 Å². The van der Waals surface area contributed by atoms with Crippen molar-refractivity contribution in [3.63, 3.8) is 0 Å². The first-order valence-electron chi connectivity index (χ1n) is 7.90. The first kappa shape index (κ1) is 19.5. The van der Waals surface area contributed by atoms with Crippen molar-refractivity contribution in [3.05, 3.63) is 55.7 Å². The van der Waals surface area contributed by atoms with Crippen LogP contribution in [0.5, 0.6) is 11.5 Å². The second kappa shape index (κ2) is 7.61. The summed E-state index contributed by atoms with van der Waals surface area (Å²) in [5.41, 5.74) is 3.78. The molecule has 0 fully saturated rings. The first-order chi connectivity index (χ1) is 12.7. The van der Waals surface area contributed by atoms with E-state index in [4.69, 9.17) is 10.5 Å². The van der Waals surface area contributed by atoms with E-state index in [1.165, 1.54) is 38.4 Å². The number of nitrogens with zero attached hydrogens (tertiary/aromatic N) is 3. The summed E-state index contributed by atoms with van der Waals surface area (Å²) in [5.74, 6) is -1.13. The number of nitrogens with two attached hydrogens (primary N) is 1. The van der Waals surface area contributed by atoms with Gasteiger partial charge in [0.1, 0.15) is 23.0 Å². The molecule has 0 saturated heterocycles. The van der Waals surface area contributed by atoms with Crippen LogP contribution in [-0.4, -0.2) is 26.6 Å². The number of ether oxygens (including phenoxy) is 1. The van der Waals surface area contributed by atoms with E-state index in [9.17, 15) is 24.8 Å². The molecule has 9 heteroatoms. The average Bonchev–Trinajstić information content (AvgIpc) is 2.65. The van der Waals surface area contributed by atoms with Gasteiger partial charge in [-0.05, 0) is 30.7 Å². The molecule has 0 aliphatic carbocycles. The van der Waals surface area contributed by atoms with Gasteiger partial charge in [-0.1, -0.05) is 6.07 Å². The number of nitrogen functional groups attached to an aromatic ring is 1. The zero-order valence-electron chi connectivity index (χ0n) is 15.0. The van der Waals surface area contributed by atoms with E-state index in [2.05, 4.69) is 0 Å². The Morgan fingerprint density at radius 1 is 1.33 bits per heavy atom. The molecular weight excluding hydrogens is 352 g/mol. The molecule has 9 nitrogen and oxygen atoms in total. The molecule has 1 aromatic carbocycles. The number of carbonyl (C=O) groups is 1. The van der Waals surface area contributed by atoms with Gasteiger partial charge in [-0.25, -0.2) is 4.79 Å². The van der Waals surface area contributed by atoms with Crippen molar-refractivity contribution in [1.29, 1.82) is 5.26 Å². The van der Waals surface area contributed by atoms with Crippen LogP contribution in [0.3, 0.4) is 0 Å². The first-order valence-corrected chi connectivity index (χ1v) is 7.90. The molecule has 140 valence electrons. The monoisotopic (exact) mass is 370 g/mol. The van der Waals surface area contributed by atoms with Crippen molar-refractivity contribution < 1.29 is 14.6 Å². The molecule has 27 heavy (non-hydrogen) atoms. The lowest BCUT2D eigenvalue weighted by atomic mass is 10.0. The number of rotatable bonds is 5. The largest absolute Gasteiger partial charge is 0.504 e. The third kappa shape index (κ3) is 3.59. The van der Waals surface area contributed by atoms with E-state index in [-0.39, 0.29) is 22.9 Å². The summed E-state index contributed by atoms with van der Waals surface area (Å²) in [6, 6.07) is 6.02. The molecular formula is C18H18N4O5. The molecule has 0 spiro atoms. The molecule has 1 aromatic heterocycles. The standard InChI is InChI=1S/C18H18N4O5/c1-4-27-13-8-10(5-6-12(13)23)7-11(9-19)15(24)14-16(20)21(2)18(26)22(3)17(14)25/h5-8,23H,4,20H2,1-3H3/b11-7+. The Morgan fingerprint density at radius 2 is 2.00 bits per heavy atom. The van der Waals surface area contributed by atoms with E-state index in [1.807, 2.05) is 0 Å². The second-order valence-electron chi connectivity index (χ2n) is 5.63. The van der Waals surface area contributed by atoms with Crippen LogP contribution in [-0.2, 0) is 14.1 Å². The number of anilines is 1. The molecule has 2 rings (SSSR count). The predicted molar refractivity (Wildman–Crippen MR) is 98.5 cm³/mol. The van der Waals surface area contributed by atoms with E-state index in [0.717, 1.165) is 9.13 Å². The van der Waals surface area contributed by atoms with Gasteiger partial charge in [0.05, 0.1) is 6.61 Å². The van der Waals surface area contributed by atoms with Gasteiger partial charge in [0.25, 0.3) is 5.56 Å². The van der Waals surface area contributed by atoms with Gasteiger partial charge in [0.15, 0.2) is 11.5 Å². The summed E-state index contributed by atoms with van der Waals surface area (Å²) in [4.78, 5) is 36.9. The molecule has 0 radical (unpaired) electrons. The summed E-state index contributed by atoms with van der Waals surface area (Å²) >= 11 is 0. The van der Waals surface area contributed by atoms with Gasteiger partial charge in [-0.15, -0.1) is 0 Å². The van der Waals surface area contributed by atoms with E-state index in [1.54, 1.807) is 13.0 Å². The highest BCUT2D eigenvalue weighted by Crippen LogP contribution is 2.28. The van der Waals surface area contributed by atoms with E-state index < -0.39 is 22.6 Å². The van der Waals surface area contributed by atoms with Crippen LogP contribution >= 0.6 is 0 Å². The minimum absolute atomic E-state index is 0.0880. The third-order valence-corrected chi connectivity index (χ3v) is 3.90. The smallest absolute Gasteiger partial charge is 0.332 e. The topological polar surface area (TPSA) is 140 Å². The number of carbonyl (C=O) groups excluding carboxylic acids is 1. The van der Waals surface area contributed by atoms with Crippen molar-refractivity contribution in [3.8, 4) is 17.6 Å². The van der Waals surface area contributed by atoms with Crippen LogP contribution in [0.1, 0.15) is 22.8 Å². The number of allylic oxidation sites excluding steroid dienone is 1. The van der Waals surface area contributed by atoms with Crippen molar-refractivity contribution in [2.45, 2.75) is 6.92 Å². The van der Waals surface area contributed by atoms with Crippen LogP contribution in [0.4, 0.5) is 5.82 Å². The lowest BCUT2D eigenvalue weighted by Gasteiger charge is -2.10. The molecule has 2 aromatic rings. The van der Waals surface area contributed by atoms with Crippen LogP contribution in [0.2, 0.25) is 0 Å². The Labute approximate surface area is 154 Å². The summed E-state index contributed by atoms with van der Waals surface area (Å²) in [6.45, 7) is 2.06. The molecule has 1 heterocycles. The van der Waals surface area contributed by atoms with Gasteiger partial charge < -0.3 is 15.6 Å². The fourth-order valence-electron chi connectivity index (χ4n) is 2.41. The van der Waals surface area contributed by atoms with E-state index in [0.29, 0.717) is 12.2 Å². The number of Topliss-reactive ketones (excluding diaryl/α,β-unsaturated/α-hetero) is 1. The highest BCUT2D eigenvalue weighted by atomic mass is 16.5. The van der Waals surface area contributed by atoms with Gasteiger partial charge in [-0.2, -0.15) is 5.26 Å².